The number of hydrogen-bond acceptors (Lipinski definition) is 2. The predicted octanol–water partition coefficient (Wildman–Crippen LogP) is 6.28. The van der Waals surface area contributed by atoms with Crippen LogP contribution in [0.5, 0.6) is 11.5 Å². The highest BCUT2D eigenvalue weighted by molar-refractivity contribution is 5.97. The van der Waals surface area contributed by atoms with E-state index in [0.29, 0.717) is 5.75 Å². The minimum absolute atomic E-state index is 0.146. The SMILES string of the molecule is CCc1cc2c(cc1OC)-c1ccc3ccccc3c1C2c1ccc(O)cc1. The Hall–Kier alpha value is -3.26. The fraction of sp³-hybridized carbons (Fsp3) is 0.154. The van der Waals surface area contributed by atoms with Gasteiger partial charge in [-0.2, -0.15) is 0 Å². The van der Waals surface area contributed by atoms with Gasteiger partial charge in [0.2, 0.25) is 0 Å². The van der Waals surface area contributed by atoms with Crippen LogP contribution in [0.2, 0.25) is 0 Å². The van der Waals surface area contributed by atoms with Crippen LogP contribution in [0.1, 0.15) is 35.1 Å². The molecule has 0 saturated carbocycles. The maximum atomic E-state index is 9.80. The number of phenolic OH excluding ortho intramolecular Hbond substituents is 1. The lowest BCUT2D eigenvalue weighted by molar-refractivity contribution is 0.410. The molecule has 138 valence electrons. The summed E-state index contributed by atoms with van der Waals surface area (Å²) in [4.78, 5) is 0. The molecule has 0 aromatic heterocycles. The van der Waals surface area contributed by atoms with Gasteiger partial charge in [0.1, 0.15) is 11.5 Å². The van der Waals surface area contributed by atoms with Crippen LogP contribution in [0.25, 0.3) is 21.9 Å². The summed E-state index contributed by atoms with van der Waals surface area (Å²) < 4.78 is 5.69. The second kappa shape index (κ2) is 6.42. The van der Waals surface area contributed by atoms with Gasteiger partial charge in [0.25, 0.3) is 0 Å². The zero-order chi connectivity index (χ0) is 19.3. The molecule has 5 rings (SSSR count). The van der Waals surface area contributed by atoms with Crippen LogP contribution in [0.15, 0.2) is 72.8 Å². The number of benzene rings is 4. The molecule has 28 heavy (non-hydrogen) atoms. The molecule has 1 aliphatic rings. The summed E-state index contributed by atoms with van der Waals surface area (Å²) in [5.74, 6) is 1.39. The highest BCUT2D eigenvalue weighted by Crippen LogP contribution is 2.52. The highest BCUT2D eigenvalue weighted by atomic mass is 16.5. The van der Waals surface area contributed by atoms with E-state index in [1.807, 2.05) is 12.1 Å². The number of aromatic hydroxyl groups is 1. The Morgan fingerprint density at radius 1 is 0.893 bits per heavy atom. The number of methoxy groups -OCH3 is 1. The standard InChI is InChI=1S/C26H22O2/c1-3-16-14-23-22(15-24(16)28-2)21-13-10-17-6-4-5-7-20(17)26(21)25(23)18-8-11-19(27)12-9-18/h4-15,25,27H,3H2,1-2H3. The van der Waals surface area contributed by atoms with Gasteiger partial charge in [-0.25, -0.2) is 0 Å². The topological polar surface area (TPSA) is 29.5 Å². The van der Waals surface area contributed by atoms with Gasteiger partial charge in [-0.15, -0.1) is 0 Å². The van der Waals surface area contributed by atoms with Crippen molar-refractivity contribution in [2.45, 2.75) is 19.3 Å². The Labute approximate surface area is 165 Å². The molecule has 0 aliphatic heterocycles. The molecule has 0 fully saturated rings. The average molecular weight is 366 g/mol. The van der Waals surface area contributed by atoms with Gasteiger partial charge >= 0.3 is 0 Å². The second-order valence-electron chi connectivity index (χ2n) is 7.38. The van der Waals surface area contributed by atoms with E-state index >= 15 is 0 Å². The molecule has 0 saturated heterocycles. The van der Waals surface area contributed by atoms with Gasteiger partial charge in [0.15, 0.2) is 0 Å². The van der Waals surface area contributed by atoms with Gasteiger partial charge < -0.3 is 9.84 Å². The molecule has 4 aromatic rings. The summed E-state index contributed by atoms with van der Waals surface area (Å²) in [7, 11) is 1.74. The number of hydrogen-bond donors (Lipinski definition) is 1. The van der Waals surface area contributed by atoms with Gasteiger partial charge in [-0.05, 0) is 68.8 Å². The lowest BCUT2D eigenvalue weighted by Crippen LogP contribution is -2.01. The number of phenols is 1. The Balaban J connectivity index is 1.86. The first kappa shape index (κ1) is 16.9. The first-order valence-electron chi connectivity index (χ1n) is 9.73. The van der Waals surface area contributed by atoms with Gasteiger partial charge in [-0.1, -0.05) is 61.5 Å². The molecule has 0 spiro atoms. The van der Waals surface area contributed by atoms with Gasteiger partial charge in [0, 0.05) is 5.92 Å². The molecule has 0 bridgehead atoms. The number of fused-ring (bicyclic) bond motifs is 5. The molecule has 1 atom stereocenters. The van der Waals surface area contributed by atoms with Crippen LogP contribution in [0.3, 0.4) is 0 Å². The third-order valence-corrected chi connectivity index (χ3v) is 5.92. The molecular weight excluding hydrogens is 344 g/mol. The van der Waals surface area contributed by atoms with Gasteiger partial charge in [-0.3, -0.25) is 0 Å². The van der Waals surface area contributed by atoms with E-state index in [9.17, 15) is 5.11 Å². The van der Waals surface area contributed by atoms with Crippen molar-refractivity contribution in [1.82, 2.24) is 0 Å². The van der Waals surface area contributed by atoms with E-state index in [1.165, 1.54) is 44.2 Å². The van der Waals surface area contributed by atoms with E-state index < -0.39 is 0 Å². The highest BCUT2D eigenvalue weighted by Gasteiger charge is 2.32. The molecule has 2 nitrogen and oxygen atoms in total. The number of ether oxygens (including phenoxy) is 1. The van der Waals surface area contributed by atoms with E-state index in [-0.39, 0.29) is 5.92 Å². The van der Waals surface area contributed by atoms with Crippen molar-refractivity contribution in [3.63, 3.8) is 0 Å². The van der Waals surface area contributed by atoms with Crippen LogP contribution < -0.4 is 4.74 Å². The minimum atomic E-state index is 0.146. The Morgan fingerprint density at radius 3 is 2.43 bits per heavy atom. The first-order valence-corrected chi connectivity index (χ1v) is 9.73. The van der Waals surface area contributed by atoms with Crippen LogP contribution in [-0.2, 0) is 6.42 Å². The molecule has 1 unspecified atom stereocenters. The Kier molecular flexibility index (Phi) is 3.87. The van der Waals surface area contributed by atoms with Crippen LogP contribution in [0.4, 0.5) is 0 Å². The molecule has 0 radical (unpaired) electrons. The van der Waals surface area contributed by atoms with Crippen LogP contribution in [0, 0.1) is 0 Å². The molecule has 0 amide bonds. The normalized spacial score (nSPS) is 14.7. The summed E-state index contributed by atoms with van der Waals surface area (Å²) in [5.41, 5.74) is 7.59. The molecule has 4 aromatic carbocycles. The quantitative estimate of drug-likeness (QED) is 0.407. The first-order chi connectivity index (χ1) is 13.7. The van der Waals surface area contributed by atoms with Crippen molar-refractivity contribution in [1.29, 1.82) is 0 Å². The lowest BCUT2D eigenvalue weighted by Gasteiger charge is -2.18. The van der Waals surface area contributed by atoms with Crippen LogP contribution in [-0.4, -0.2) is 12.2 Å². The zero-order valence-electron chi connectivity index (χ0n) is 16.1. The van der Waals surface area contributed by atoms with Crippen molar-refractivity contribution in [3.8, 4) is 22.6 Å². The zero-order valence-corrected chi connectivity index (χ0v) is 16.1. The third kappa shape index (κ3) is 2.41. The van der Waals surface area contributed by atoms with Gasteiger partial charge in [0.05, 0.1) is 7.11 Å². The molecule has 1 N–H and O–H groups in total. The van der Waals surface area contributed by atoms with Crippen molar-refractivity contribution in [2.75, 3.05) is 7.11 Å². The minimum Gasteiger partial charge on any atom is -0.508 e. The van der Waals surface area contributed by atoms with Crippen LogP contribution >= 0.6 is 0 Å². The maximum absolute atomic E-state index is 9.80. The summed E-state index contributed by atoms with van der Waals surface area (Å²) in [5, 5.41) is 12.3. The fourth-order valence-corrected chi connectivity index (χ4v) is 4.59. The Morgan fingerprint density at radius 2 is 1.68 bits per heavy atom. The summed E-state index contributed by atoms with van der Waals surface area (Å²) >= 11 is 0. The summed E-state index contributed by atoms with van der Waals surface area (Å²) in [6.07, 6.45) is 0.926. The maximum Gasteiger partial charge on any atom is 0.122 e. The smallest absolute Gasteiger partial charge is 0.122 e. The van der Waals surface area contributed by atoms with Crippen molar-refractivity contribution in [2.24, 2.45) is 0 Å². The molecule has 0 heterocycles. The molecule has 1 aliphatic carbocycles. The fourth-order valence-electron chi connectivity index (χ4n) is 4.59. The van der Waals surface area contributed by atoms with E-state index in [4.69, 9.17) is 4.74 Å². The molecular formula is C26H22O2. The van der Waals surface area contributed by atoms with Crippen molar-refractivity contribution in [3.05, 3.63) is 95.1 Å². The Bertz CT molecular complexity index is 1190. The molecule has 2 heteroatoms. The monoisotopic (exact) mass is 366 g/mol. The third-order valence-electron chi connectivity index (χ3n) is 5.92. The summed E-state index contributed by atoms with van der Waals surface area (Å²) in [6.45, 7) is 2.16. The van der Waals surface area contributed by atoms with E-state index in [2.05, 4.69) is 55.5 Å². The second-order valence-corrected chi connectivity index (χ2v) is 7.38. The van der Waals surface area contributed by atoms with E-state index in [0.717, 1.165) is 12.2 Å². The number of rotatable bonds is 3. The van der Waals surface area contributed by atoms with Crippen molar-refractivity contribution >= 4 is 10.8 Å². The largest absolute Gasteiger partial charge is 0.508 e. The number of aryl methyl sites for hydroxylation is 1. The van der Waals surface area contributed by atoms with Crippen molar-refractivity contribution < 1.29 is 9.84 Å². The lowest BCUT2D eigenvalue weighted by atomic mass is 9.86. The predicted molar refractivity (Wildman–Crippen MR) is 114 cm³/mol. The van der Waals surface area contributed by atoms with E-state index in [1.54, 1.807) is 19.2 Å². The summed E-state index contributed by atoms with van der Waals surface area (Å²) in [6, 6.07) is 25.2. The average Bonchev–Trinajstić information content (AvgIpc) is 3.07.